The lowest BCUT2D eigenvalue weighted by molar-refractivity contribution is -0.138. The average molecular weight is 351 g/mol. The summed E-state index contributed by atoms with van der Waals surface area (Å²) in [6.45, 7) is 3.96. The van der Waals surface area contributed by atoms with E-state index in [9.17, 15) is 14.9 Å². The second-order valence-corrected chi connectivity index (χ2v) is 8.37. The predicted molar refractivity (Wildman–Crippen MR) is 98.3 cm³/mol. The van der Waals surface area contributed by atoms with Crippen molar-refractivity contribution in [3.8, 4) is 6.07 Å². The molecule has 1 aliphatic carbocycles. The SMILES string of the molecule is Cc1ccc(N2C[C@]3(CCN(C(=O)C4(C#N)CCCC4)C3)CC2=O)cc1. The minimum Gasteiger partial charge on any atom is -0.341 e. The van der Waals surface area contributed by atoms with Gasteiger partial charge in [-0.3, -0.25) is 9.59 Å². The fourth-order valence-electron chi connectivity index (χ4n) is 4.89. The highest BCUT2D eigenvalue weighted by Gasteiger charge is 2.52. The first-order chi connectivity index (χ1) is 12.5. The van der Waals surface area contributed by atoms with Gasteiger partial charge in [-0.2, -0.15) is 5.26 Å². The zero-order valence-corrected chi connectivity index (χ0v) is 15.3. The summed E-state index contributed by atoms with van der Waals surface area (Å²) >= 11 is 0. The molecule has 2 amide bonds. The number of amides is 2. The Hall–Kier alpha value is -2.35. The van der Waals surface area contributed by atoms with E-state index in [1.54, 1.807) is 0 Å². The Morgan fingerprint density at radius 1 is 1.12 bits per heavy atom. The molecule has 1 spiro atoms. The average Bonchev–Trinajstić information content (AvgIpc) is 3.35. The Balaban J connectivity index is 1.50. The molecule has 3 aliphatic rings. The lowest BCUT2D eigenvalue weighted by Crippen LogP contribution is -2.42. The molecule has 2 aliphatic heterocycles. The van der Waals surface area contributed by atoms with Crippen LogP contribution in [0.4, 0.5) is 5.69 Å². The van der Waals surface area contributed by atoms with Crippen LogP contribution in [-0.2, 0) is 9.59 Å². The summed E-state index contributed by atoms with van der Waals surface area (Å²) in [7, 11) is 0. The fourth-order valence-corrected chi connectivity index (χ4v) is 4.89. The largest absolute Gasteiger partial charge is 0.341 e. The number of nitriles is 1. The monoisotopic (exact) mass is 351 g/mol. The normalized spacial score (nSPS) is 27.3. The third-order valence-corrected chi connectivity index (χ3v) is 6.47. The number of nitrogens with zero attached hydrogens (tertiary/aromatic N) is 3. The lowest BCUT2D eigenvalue weighted by atomic mass is 9.85. The molecule has 1 aromatic carbocycles. The van der Waals surface area contributed by atoms with E-state index < -0.39 is 5.41 Å². The van der Waals surface area contributed by atoms with Gasteiger partial charge >= 0.3 is 0 Å². The maximum Gasteiger partial charge on any atom is 0.243 e. The van der Waals surface area contributed by atoms with Gasteiger partial charge in [0.05, 0.1) is 6.07 Å². The van der Waals surface area contributed by atoms with Crippen molar-refractivity contribution in [1.82, 2.24) is 4.90 Å². The van der Waals surface area contributed by atoms with Gasteiger partial charge in [0.1, 0.15) is 5.41 Å². The quantitative estimate of drug-likeness (QED) is 0.823. The number of carbonyl (C=O) groups excluding carboxylic acids is 2. The van der Waals surface area contributed by atoms with Gasteiger partial charge in [-0.05, 0) is 38.3 Å². The highest BCUT2D eigenvalue weighted by Crippen LogP contribution is 2.45. The lowest BCUT2D eigenvalue weighted by Gasteiger charge is -2.28. The van der Waals surface area contributed by atoms with E-state index in [1.807, 2.05) is 41.0 Å². The fraction of sp³-hybridized carbons (Fsp3) is 0.571. The molecule has 0 aromatic heterocycles. The van der Waals surface area contributed by atoms with Crippen molar-refractivity contribution in [2.75, 3.05) is 24.5 Å². The van der Waals surface area contributed by atoms with E-state index in [-0.39, 0.29) is 17.2 Å². The Morgan fingerprint density at radius 2 is 1.81 bits per heavy atom. The van der Waals surface area contributed by atoms with Crippen LogP contribution in [0.2, 0.25) is 0 Å². The molecule has 2 heterocycles. The maximum atomic E-state index is 13.0. The van der Waals surface area contributed by atoms with Crippen molar-refractivity contribution < 1.29 is 9.59 Å². The van der Waals surface area contributed by atoms with Crippen molar-refractivity contribution in [2.24, 2.45) is 10.8 Å². The highest BCUT2D eigenvalue weighted by atomic mass is 16.2. The van der Waals surface area contributed by atoms with Crippen molar-refractivity contribution in [3.63, 3.8) is 0 Å². The molecule has 1 atom stereocenters. The number of rotatable bonds is 2. The summed E-state index contributed by atoms with van der Waals surface area (Å²) in [4.78, 5) is 29.4. The van der Waals surface area contributed by atoms with Crippen LogP contribution in [0.5, 0.6) is 0 Å². The predicted octanol–water partition coefficient (Wildman–Crippen LogP) is 3.03. The van der Waals surface area contributed by atoms with Gasteiger partial charge in [-0.15, -0.1) is 0 Å². The van der Waals surface area contributed by atoms with Crippen molar-refractivity contribution >= 4 is 17.5 Å². The van der Waals surface area contributed by atoms with Crippen LogP contribution in [0.3, 0.4) is 0 Å². The summed E-state index contributed by atoms with van der Waals surface area (Å²) < 4.78 is 0. The number of benzene rings is 1. The highest BCUT2D eigenvalue weighted by molar-refractivity contribution is 5.96. The number of aryl methyl sites for hydroxylation is 1. The molecule has 5 heteroatoms. The van der Waals surface area contributed by atoms with E-state index in [4.69, 9.17) is 0 Å². The molecule has 0 unspecified atom stereocenters. The van der Waals surface area contributed by atoms with E-state index in [0.717, 1.165) is 24.9 Å². The molecule has 0 N–H and O–H groups in total. The number of carbonyl (C=O) groups is 2. The second kappa shape index (κ2) is 6.12. The zero-order chi connectivity index (χ0) is 18.4. The first-order valence-corrected chi connectivity index (χ1v) is 9.55. The van der Waals surface area contributed by atoms with Crippen LogP contribution in [0.25, 0.3) is 0 Å². The first kappa shape index (κ1) is 17.1. The van der Waals surface area contributed by atoms with Crippen LogP contribution in [0.1, 0.15) is 44.1 Å². The molecular weight excluding hydrogens is 326 g/mol. The number of anilines is 1. The number of likely N-dealkylation sites (tertiary alicyclic amines) is 1. The van der Waals surface area contributed by atoms with E-state index in [0.29, 0.717) is 38.9 Å². The Morgan fingerprint density at radius 3 is 2.46 bits per heavy atom. The van der Waals surface area contributed by atoms with Gasteiger partial charge in [0.25, 0.3) is 0 Å². The van der Waals surface area contributed by atoms with Gasteiger partial charge in [-0.25, -0.2) is 0 Å². The molecule has 26 heavy (non-hydrogen) atoms. The summed E-state index contributed by atoms with van der Waals surface area (Å²) in [6.07, 6.45) is 4.61. The summed E-state index contributed by atoms with van der Waals surface area (Å²) in [5.41, 5.74) is 1.13. The van der Waals surface area contributed by atoms with Gasteiger partial charge in [-0.1, -0.05) is 30.5 Å². The molecule has 136 valence electrons. The summed E-state index contributed by atoms with van der Waals surface area (Å²) in [5.74, 6) is 0.134. The van der Waals surface area contributed by atoms with Crippen LogP contribution < -0.4 is 4.90 Å². The Kier molecular flexibility index (Phi) is 4.02. The number of hydrogen-bond donors (Lipinski definition) is 0. The molecule has 0 radical (unpaired) electrons. The third-order valence-electron chi connectivity index (χ3n) is 6.47. The minimum absolute atomic E-state index is 0.00406. The van der Waals surface area contributed by atoms with Crippen LogP contribution in [0.15, 0.2) is 24.3 Å². The van der Waals surface area contributed by atoms with Gasteiger partial charge in [0.15, 0.2) is 0 Å². The van der Waals surface area contributed by atoms with E-state index >= 15 is 0 Å². The van der Waals surface area contributed by atoms with Crippen molar-refractivity contribution in [2.45, 2.75) is 45.4 Å². The molecule has 1 saturated carbocycles. The van der Waals surface area contributed by atoms with Crippen LogP contribution in [0, 0.1) is 29.1 Å². The maximum absolute atomic E-state index is 13.0. The van der Waals surface area contributed by atoms with Crippen molar-refractivity contribution in [3.05, 3.63) is 29.8 Å². The molecule has 4 rings (SSSR count). The molecule has 5 nitrogen and oxygen atoms in total. The third kappa shape index (κ3) is 2.68. The second-order valence-electron chi connectivity index (χ2n) is 8.37. The summed E-state index contributed by atoms with van der Waals surface area (Å²) in [6, 6.07) is 10.3. The zero-order valence-electron chi connectivity index (χ0n) is 15.3. The van der Waals surface area contributed by atoms with Crippen LogP contribution >= 0.6 is 0 Å². The standard InChI is InChI=1S/C21H25N3O2/c1-16-4-6-17(7-5-16)24-15-20(12-18(24)25)10-11-23(14-20)19(26)21(13-22)8-2-3-9-21/h4-7H,2-3,8-12,14-15H2,1H3/t20-/m1/s1. The van der Waals surface area contributed by atoms with Gasteiger partial charge < -0.3 is 9.80 Å². The van der Waals surface area contributed by atoms with Crippen LogP contribution in [-0.4, -0.2) is 36.3 Å². The Bertz CT molecular complexity index is 773. The molecule has 1 aromatic rings. The van der Waals surface area contributed by atoms with Crippen molar-refractivity contribution in [1.29, 1.82) is 5.26 Å². The summed E-state index contributed by atoms with van der Waals surface area (Å²) in [5, 5.41) is 9.60. The molecular formula is C21H25N3O2. The number of hydrogen-bond acceptors (Lipinski definition) is 3. The first-order valence-electron chi connectivity index (χ1n) is 9.55. The van der Waals surface area contributed by atoms with Gasteiger partial charge in [0.2, 0.25) is 11.8 Å². The smallest absolute Gasteiger partial charge is 0.243 e. The minimum atomic E-state index is -0.815. The topological polar surface area (TPSA) is 64.4 Å². The van der Waals surface area contributed by atoms with E-state index in [1.165, 1.54) is 5.56 Å². The molecule has 3 fully saturated rings. The molecule has 0 bridgehead atoms. The van der Waals surface area contributed by atoms with E-state index in [2.05, 4.69) is 6.07 Å². The Labute approximate surface area is 154 Å². The molecule has 2 saturated heterocycles. The van der Waals surface area contributed by atoms with Gasteiger partial charge in [0, 0.05) is 37.2 Å².